The van der Waals surface area contributed by atoms with Crippen molar-refractivity contribution < 1.29 is 4.57 Å². The molecule has 0 aliphatic heterocycles. The van der Waals surface area contributed by atoms with Crippen LogP contribution in [-0.2, 0) is 4.57 Å². The van der Waals surface area contributed by atoms with E-state index in [1.807, 2.05) is 18.8 Å². The van der Waals surface area contributed by atoms with Crippen molar-refractivity contribution in [2.75, 3.05) is 14.1 Å². The fourth-order valence-electron chi connectivity index (χ4n) is 2.87. The second-order valence-corrected chi connectivity index (χ2v) is 8.11. The molecule has 2 N–H and O–H groups in total. The topological polar surface area (TPSA) is 44.4 Å². The molecule has 0 aromatic rings. The van der Waals surface area contributed by atoms with Crippen molar-refractivity contribution >= 4 is 7.59 Å². The minimum Gasteiger partial charge on any atom is -0.271 e. The zero-order valence-corrected chi connectivity index (χ0v) is 12.0. The molecule has 0 aromatic heterocycles. The zero-order chi connectivity index (χ0) is 12.3. The molecular weight excluding hydrogens is 233 g/mol. The van der Waals surface area contributed by atoms with E-state index in [-0.39, 0.29) is 0 Å². The van der Waals surface area contributed by atoms with Crippen LogP contribution in [0.15, 0.2) is 0 Å². The quantitative estimate of drug-likeness (QED) is 0.745. The summed E-state index contributed by atoms with van der Waals surface area (Å²) in [6.07, 6.45) is 9.77. The van der Waals surface area contributed by atoms with Gasteiger partial charge in [0.2, 0.25) is 0 Å². The van der Waals surface area contributed by atoms with E-state index >= 15 is 0 Å². The van der Waals surface area contributed by atoms with Crippen LogP contribution in [-0.4, -0.2) is 30.8 Å². The maximum Gasteiger partial charge on any atom is 0.281 e. The molecule has 5 heteroatoms. The lowest BCUT2D eigenvalue weighted by molar-refractivity contribution is 0.453. The zero-order valence-electron chi connectivity index (χ0n) is 11.1. The van der Waals surface area contributed by atoms with Crippen LogP contribution >= 0.6 is 7.59 Å². The highest BCUT2D eigenvalue weighted by Crippen LogP contribution is 2.43. The molecule has 2 saturated carbocycles. The first-order chi connectivity index (χ1) is 8.10. The molecule has 2 rings (SSSR count). The standard InChI is InChI=1S/C12H26N3OP/c1-15(2)17(16,13-11-7-3-4-8-11)14-12-9-5-6-10-12/h11-12H,3-10H2,1-2H3,(H2,13,14,16). The summed E-state index contributed by atoms with van der Waals surface area (Å²) in [6, 6.07) is 0.884. The lowest BCUT2D eigenvalue weighted by Crippen LogP contribution is -2.39. The Morgan fingerprint density at radius 3 is 1.53 bits per heavy atom. The van der Waals surface area contributed by atoms with E-state index < -0.39 is 7.59 Å². The van der Waals surface area contributed by atoms with Crippen molar-refractivity contribution in [3.05, 3.63) is 0 Å². The number of nitrogens with one attached hydrogen (secondary N) is 2. The number of hydrogen-bond acceptors (Lipinski definition) is 1. The molecule has 0 bridgehead atoms. The molecular formula is C12H26N3OP. The van der Waals surface area contributed by atoms with E-state index in [1.54, 1.807) is 0 Å². The van der Waals surface area contributed by atoms with Gasteiger partial charge in [0.1, 0.15) is 0 Å². The molecule has 0 radical (unpaired) electrons. The van der Waals surface area contributed by atoms with E-state index in [0.717, 1.165) is 0 Å². The Morgan fingerprint density at radius 2 is 1.24 bits per heavy atom. The Hall–Kier alpha value is 0.110. The fourth-order valence-corrected chi connectivity index (χ4v) is 4.92. The maximum atomic E-state index is 12.9. The van der Waals surface area contributed by atoms with Crippen molar-refractivity contribution in [1.82, 2.24) is 14.8 Å². The van der Waals surface area contributed by atoms with Gasteiger partial charge >= 0.3 is 0 Å². The van der Waals surface area contributed by atoms with Gasteiger partial charge in [0.15, 0.2) is 0 Å². The van der Waals surface area contributed by atoms with Crippen LogP contribution in [0.4, 0.5) is 0 Å². The van der Waals surface area contributed by atoms with Crippen molar-refractivity contribution in [2.24, 2.45) is 0 Å². The highest BCUT2D eigenvalue weighted by molar-refractivity contribution is 7.57. The van der Waals surface area contributed by atoms with Gasteiger partial charge in [-0.2, -0.15) is 0 Å². The van der Waals surface area contributed by atoms with Gasteiger partial charge in [0, 0.05) is 12.1 Å². The summed E-state index contributed by atoms with van der Waals surface area (Å²) in [5, 5.41) is 6.78. The molecule has 0 aromatic carbocycles. The molecule has 2 fully saturated rings. The van der Waals surface area contributed by atoms with Crippen LogP contribution < -0.4 is 10.2 Å². The Kier molecular flexibility index (Phi) is 4.65. The fraction of sp³-hybridized carbons (Fsp3) is 1.00. The molecule has 0 spiro atoms. The second kappa shape index (κ2) is 5.83. The number of hydrogen-bond donors (Lipinski definition) is 2. The Labute approximate surface area is 105 Å². The van der Waals surface area contributed by atoms with Crippen molar-refractivity contribution in [1.29, 1.82) is 0 Å². The molecule has 2 aliphatic carbocycles. The van der Waals surface area contributed by atoms with Crippen molar-refractivity contribution in [3.8, 4) is 0 Å². The monoisotopic (exact) mass is 259 g/mol. The highest BCUT2D eigenvalue weighted by Gasteiger charge is 2.32. The van der Waals surface area contributed by atoms with Gasteiger partial charge in [0.25, 0.3) is 7.59 Å². The van der Waals surface area contributed by atoms with E-state index in [9.17, 15) is 4.57 Å². The third-order valence-electron chi connectivity index (χ3n) is 3.99. The van der Waals surface area contributed by atoms with Gasteiger partial charge in [-0.25, -0.2) is 14.8 Å². The predicted molar refractivity (Wildman–Crippen MR) is 72.1 cm³/mol. The van der Waals surface area contributed by atoms with Crippen LogP contribution in [0.2, 0.25) is 0 Å². The maximum absolute atomic E-state index is 12.9. The highest BCUT2D eigenvalue weighted by atomic mass is 31.2. The van der Waals surface area contributed by atoms with E-state index in [0.29, 0.717) is 12.1 Å². The third-order valence-corrected chi connectivity index (χ3v) is 6.55. The second-order valence-electron chi connectivity index (χ2n) is 5.64. The molecule has 0 amide bonds. The van der Waals surface area contributed by atoms with Crippen LogP contribution in [0.5, 0.6) is 0 Å². The summed E-state index contributed by atoms with van der Waals surface area (Å²) >= 11 is 0. The van der Waals surface area contributed by atoms with Crippen LogP contribution in [0.1, 0.15) is 51.4 Å². The normalized spacial score (nSPS) is 23.9. The summed E-state index contributed by atoms with van der Waals surface area (Å²) < 4.78 is 14.8. The van der Waals surface area contributed by atoms with E-state index in [1.165, 1.54) is 51.4 Å². The summed E-state index contributed by atoms with van der Waals surface area (Å²) in [6.45, 7) is 0. The Balaban J connectivity index is 1.94. The Bertz CT molecular complexity index is 261. The van der Waals surface area contributed by atoms with Crippen molar-refractivity contribution in [3.63, 3.8) is 0 Å². The van der Waals surface area contributed by atoms with Gasteiger partial charge < -0.3 is 0 Å². The SMILES string of the molecule is CN(C)P(=O)(NC1CCCC1)NC1CCCC1. The molecule has 4 nitrogen and oxygen atoms in total. The average molecular weight is 259 g/mol. The Morgan fingerprint density at radius 1 is 0.882 bits per heavy atom. The molecule has 2 aliphatic rings. The average Bonchev–Trinajstić information content (AvgIpc) is 2.90. The molecule has 17 heavy (non-hydrogen) atoms. The van der Waals surface area contributed by atoms with Gasteiger partial charge in [-0.05, 0) is 39.8 Å². The number of nitrogens with zero attached hydrogens (tertiary/aromatic N) is 1. The lowest BCUT2D eigenvalue weighted by atomic mass is 10.3. The minimum atomic E-state index is -2.56. The van der Waals surface area contributed by atoms with Gasteiger partial charge in [-0.15, -0.1) is 0 Å². The summed E-state index contributed by atoms with van der Waals surface area (Å²) in [7, 11) is 1.26. The lowest BCUT2D eigenvalue weighted by Gasteiger charge is -2.31. The molecule has 100 valence electrons. The molecule has 0 heterocycles. The minimum absolute atomic E-state index is 0.442. The largest absolute Gasteiger partial charge is 0.281 e. The summed E-state index contributed by atoms with van der Waals surface area (Å²) in [5.74, 6) is 0. The van der Waals surface area contributed by atoms with Gasteiger partial charge in [-0.1, -0.05) is 25.7 Å². The van der Waals surface area contributed by atoms with Crippen LogP contribution in [0, 0.1) is 0 Å². The molecule has 0 atom stereocenters. The van der Waals surface area contributed by atoms with E-state index in [2.05, 4.69) is 10.2 Å². The molecule has 0 unspecified atom stereocenters. The first kappa shape index (κ1) is 13.5. The van der Waals surface area contributed by atoms with Crippen LogP contribution in [0.3, 0.4) is 0 Å². The van der Waals surface area contributed by atoms with Crippen LogP contribution in [0.25, 0.3) is 0 Å². The first-order valence-electron chi connectivity index (χ1n) is 6.93. The molecule has 0 saturated heterocycles. The summed E-state index contributed by atoms with van der Waals surface area (Å²) in [5.41, 5.74) is 0. The predicted octanol–water partition coefficient (Wildman–Crippen LogP) is 2.72. The number of rotatable bonds is 5. The first-order valence-corrected chi connectivity index (χ1v) is 8.59. The van der Waals surface area contributed by atoms with Gasteiger partial charge in [-0.3, -0.25) is 4.57 Å². The summed E-state index contributed by atoms with van der Waals surface area (Å²) in [4.78, 5) is 0. The van der Waals surface area contributed by atoms with Gasteiger partial charge in [0.05, 0.1) is 0 Å². The van der Waals surface area contributed by atoms with Crippen molar-refractivity contribution in [2.45, 2.75) is 63.5 Å². The van der Waals surface area contributed by atoms with E-state index in [4.69, 9.17) is 0 Å². The third kappa shape index (κ3) is 3.54. The smallest absolute Gasteiger partial charge is 0.271 e.